The summed E-state index contributed by atoms with van der Waals surface area (Å²) in [7, 11) is 0. The molecule has 1 aromatic carbocycles. The third-order valence-electron chi connectivity index (χ3n) is 2.03. The molecule has 0 aliphatic heterocycles. The van der Waals surface area contributed by atoms with Gasteiger partial charge < -0.3 is 5.32 Å². The van der Waals surface area contributed by atoms with Crippen molar-refractivity contribution in [2.75, 3.05) is 6.54 Å². The van der Waals surface area contributed by atoms with E-state index in [1.807, 2.05) is 30.3 Å². The van der Waals surface area contributed by atoms with Crippen molar-refractivity contribution in [3.8, 4) is 0 Å². The maximum atomic E-state index is 11.5. The molecule has 18 heavy (non-hydrogen) atoms. The van der Waals surface area contributed by atoms with Crippen molar-refractivity contribution in [1.29, 1.82) is 0 Å². The highest BCUT2D eigenvalue weighted by atomic mass is 16.2. The first-order valence-corrected chi connectivity index (χ1v) is 5.44. The fourth-order valence-electron chi connectivity index (χ4n) is 1.22. The molecule has 0 heterocycles. The van der Waals surface area contributed by atoms with Crippen LogP contribution in [0.3, 0.4) is 0 Å². The monoisotopic (exact) mass is 249 g/mol. The van der Waals surface area contributed by atoms with Gasteiger partial charge in [0.2, 0.25) is 11.8 Å². The van der Waals surface area contributed by atoms with E-state index in [0.717, 1.165) is 5.56 Å². The number of nitrogens with one attached hydrogen (secondary N) is 3. The van der Waals surface area contributed by atoms with Gasteiger partial charge >= 0.3 is 0 Å². The van der Waals surface area contributed by atoms with E-state index in [9.17, 15) is 14.4 Å². The molecule has 6 heteroatoms. The van der Waals surface area contributed by atoms with Crippen molar-refractivity contribution >= 4 is 17.7 Å². The molecule has 0 atom stereocenters. The van der Waals surface area contributed by atoms with Gasteiger partial charge in [-0.3, -0.25) is 25.2 Å². The topological polar surface area (TPSA) is 87.3 Å². The summed E-state index contributed by atoms with van der Waals surface area (Å²) in [6, 6.07) is 9.20. The van der Waals surface area contributed by atoms with Crippen molar-refractivity contribution in [2.24, 2.45) is 0 Å². The minimum atomic E-state index is -0.480. The maximum Gasteiger partial charge on any atom is 0.257 e. The number of amides is 3. The van der Waals surface area contributed by atoms with Gasteiger partial charge in [-0.05, 0) is 5.56 Å². The molecule has 1 rings (SSSR count). The Hall–Kier alpha value is -2.37. The van der Waals surface area contributed by atoms with Gasteiger partial charge in [-0.15, -0.1) is 0 Å². The van der Waals surface area contributed by atoms with E-state index in [4.69, 9.17) is 0 Å². The Bertz CT molecular complexity index is 431. The summed E-state index contributed by atoms with van der Waals surface area (Å²) in [5.41, 5.74) is 5.15. The zero-order valence-corrected chi connectivity index (χ0v) is 10.0. The van der Waals surface area contributed by atoms with Gasteiger partial charge in [-0.2, -0.15) is 0 Å². The summed E-state index contributed by atoms with van der Waals surface area (Å²) < 4.78 is 0. The van der Waals surface area contributed by atoms with Gasteiger partial charge in [0.15, 0.2) is 0 Å². The molecular weight excluding hydrogens is 234 g/mol. The Labute approximate surface area is 105 Å². The van der Waals surface area contributed by atoms with Crippen LogP contribution in [0.2, 0.25) is 0 Å². The molecule has 0 fully saturated rings. The largest absolute Gasteiger partial charge is 0.347 e. The second kappa shape index (κ2) is 7.05. The van der Waals surface area contributed by atoms with Gasteiger partial charge in [-0.1, -0.05) is 30.3 Å². The summed E-state index contributed by atoms with van der Waals surface area (Å²) in [6.45, 7) is 1.10. The van der Waals surface area contributed by atoms with Crippen LogP contribution in [-0.4, -0.2) is 24.3 Å². The molecule has 6 nitrogen and oxygen atoms in total. The Morgan fingerprint density at radius 2 is 1.67 bits per heavy atom. The van der Waals surface area contributed by atoms with Gasteiger partial charge in [0.25, 0.3) is 5.91 Å². The summed E-state index contributed by atoms with van der Waals surface area (Å²) in [5.74, 6) is -1.11. The molecule has 1 aromatic rings. The quantitative estimate of drug-likeness (QED) is 0.629. The van der Waals surface area contributed by atoms with Crippen molar-refractivity contribution in [2.45, 2.75) is 13.3 Å². The number of carbonyl (C=O) groups is 3. The average Bonchev–Trinajstić information content (AvgIpc) is 2.35. The predicted molar refractivity (Wildman–Crippen MR) is 65.1 cm³/mol. The lowest BCUT2D eigenvalue weighted by molar-refractivity contribution is -0.129. The van der Waals surface area contributed by atoms with Crippen LogP contribution in [0.5, 0.6) is 0 Å². The van der Waals surface area contributed by atoms with E-state index in [2.05, 4.69) is 16.2 Å². The van der Waals surface area contributed by atoms with Crippen LogP contribution in [0, 0.1) is 0 Å². The highest BCUT2D eigenvalue weighted by Gasteiger charge is 2.06. The standard InChI is InChI=1S/C12H15N3O3/c1-9(16)14-15-12(18)8-13-11(17)7-10-5-3-2-4-6-10/h2-6H,7-8H2,1H3,(H,13,17)(H,14,16)(H,15,18). The lowest BCUT2D eigenvalue weighted by Gasteiger charge is -2.06. The smallest absolute Gasteiger partial charge is 0.257 e. The molecule has 0 bridgehead atoms. The summed E-state index contributed by atoms with van der Waals surface area (Å²) >= 11 is 0. The number of benzene rings is 1. The van der Waals surface area contributed by atoms with Crippen LogP contribution in [0.25, 0.3) is 0 Å². The van der Waals surface area contributed by atoms with Gasteiger partial charge in [0.1, 0.15) is 0 Å². The highest BCUT2D eigenvalue weighted by Crippen LogP contribution is 1.98. The Morgan fingerprint density at radius 1 is 1.00 bits per heavy atom. The second-order valence-corrected chi connectivity index (χ2v) is 3.67. The molecule has 0 unspecified atom stereocenters. The molecule has 3 amide bonds. The van der Waals surface area contributed by atoms with E-state index in [1.165, 1.54) is 6.92 Å². The van der Waals surface area contributed by atoms with Crippen LogP contribution in [0.4, 0.5) is 0 Å². The number of rotatable bonds is 4. The molecule has 0 radical (unpaired) electrons. The number of hydrogen-bond acceptors (Lipinski definition) is 3. The minimum Gasteiger partial charge on any atom is -0.347 e. The summed E-state index contributed by atoms with van der Waals surface area (Å²) in [6.07, 6.45) is 0.217. The zero-order chi connectivity index (χ0) is 13.4. The van der Waals surface area contributed by atoms with Gasteiger partial charge in [0.05, 0.1) is 13.0 Å². The molecule has 0 spiro atoms. The highest BCUT2D eigenvalue weighted by molar-refractivity contribution is 5.86. The Morgan fingerprint density at radius 3 is 2.28 bits per heavy atom. The molecule has 96 valence electrons. The third kappa shape index (κ3) is 5.64. The Kier molecular flexibility index (Phi) is 5.37. The number of carbonyl (C=O) groups excluding carboxylic acids is 3. The van der Waals surface area contributed by atoms with Crippen LogP contribution in [0.15, 0.2) is 30.3 Å². The van der Waals surface area contributed by atoms with Crippen molar-refractivity contribution < 1.29 is 14.4 Å². The molecule has 0 saturated carbocycles. The van der Waals surface area contributed by atoms with Crippen LogP contribution >= 0.6 is 0 Å². The number of hydrazine groups is 1. The first-order chi connectivity index (χ1) is 8.58. The minimum absolute atomic E-state index is 0.175. The second-order valence-electron chi connectivity index (χ2n) is 3.67. The van der Waals surface area contributed by atoms with E-state index >= 15 is 0 Å². The lowest BCUT2D eigenvalue weighted by atomic mass is 10.1. The van der Waals surface area contributed by atoms with Gasteiger partial charge in [-0.25, -0.2) is 0 Å². The summed E-state index contributed by atoms with van der Waals surface area (Å²) in [4.78, 5) is 33.2. The normalized spacial score (nSPS) is 9.39. The van der Waals surface area contributed by atoms with E-state index in [0.29, 0.717) is 0 Å². The predicted octanol–water partition coefficient (Wildman–Crippen LogP) is -0.487. The van der Waals surface area contributed by atoms with Gasteiger partial charge in [0, 0.05) is 6.92 Å². The SMILES string of the molecule is CC(=O)NNC(=O)CNC(=O)Cc1ccccc1. The molecule has 0 aliphatic rings. The van der Waals surface area contributed by atoms with Crippen LogP contribution < -0.4 is 16.2 Å². The average molecular weight is 249 g/mol. The van der Waals surface area contributed by atoms with Crippen molar-refractivity contribution in [3.63, 3.8) is 0 Å². The molecule has 0 aliphatic carbocycles. The lowest BCUT2D eigenvalue weighted by Crippen LogP contribution is -2.45. The summed E-state index contributed by atoms with van der Waals surface area (Å²) in [5, 5.41) is 2.45. The van der Waals surface area contributed by atoms with Crippen molar-refractivity contribution in [1.82, 2.24) is 16.2 Å². The molecule has 0 aromatic heterocycles. The maximum absolute atomic E-state index is 11.5. The van der Waals surface area contributed by atoms with Crippen LogP contribution in [0.1, 0.15) is 12.5 Å². The van der Waals surface area contributed by atoms with E-state index in [-0.39, 0.29) is 24.8 Å². The molecule has 3 N–H and O–H groups in total. The van der Waals surface area contributed by atoms with E-state index in [1.54, 1.807) is 0 Å². The van der Waals surface area contributed by atoms with Crippen LogP contribution in [-0.2, 0) is 20.8 Å². The first kappa shape index (κ1) is 13.7. The fraction of sp³-hybridized carbons (Fsp3) is 0.250. The molecular formula is C12H15N3O3. The third-order valence-corrected chi connectivity index (χ3v) is 2.03. The molecule has 0 saturated heterocycles. The van der Waals surface area contributed by atoms with Crippen molar-refractivity contribution in [3.05, 3.63) is 35.9 Å². The first-order valence-electron chi connectivity index (χ1n) is 5.44. The Balaban J connectivity index is 2.25. The van der Waals surface area contributed by atoms with E-state index < -0.39 is 5.91 Å². The number of hydrogen-bond donors (Lipinski definition) is 3. The zero-order valence-electron chi connectivity index (χ0n) is 10.0. The fourth-order valence-corrected chi connectivity index (χ4v) is 1.22.